The zero-order valence-corrected chi connectivity index (χ0v) is 12.3. The van der Waals surface area contributed by atoms with Crippen molar-refractivity contribution in [1.29, 1.82) is 0 Å². The van der Waals surface area contributed by atoms with Crippen molar-refractivity contribution in [2.45, 2.75) is 19.5 Å². The number of aliphatic imine (C=N–C) groups is 1. The van der Waals surface area contributed by atoms with Gasteiger partial charge in [-0.05, 0) is 17.7 Å². The topological polar surface area (TPSA) is 49.7 Å². The Morgan fingerprint density at radius 2 is 1.82 bits per heavy atom. The molecule has 0 fully saturated rings. The number of benzene rings is 2. The van der Waals surface area contributed by atoms with Gasteiger partial charge in [-0.1, -0.05) is 42.5 Å². The van der Waals surface area contributed by atoms with Gasteiger partial charge in [0.2, 0.25) is 5.91 Å². The van der Waals surface area contributed by atoms with E-state index in [1.54, 1.807) is 24.4 Å². The molecule has 4 heteroatoms. The second-order valence-corrected chi connectivity index (χ2v) is 5.19. The Kier molecular flexibility index (Phi) is 3.83. The van der Waals surface area contributed by atoms with E-state index in [2.05, 4.69) is 4.99 Å². The van der Waals surface area contributed by atoms with Gasteiger partial charge in [0.1, 0.15) is 6.04 Å². The summed E-state index contributed by atoms with van der Waals surface area (Å²) in [5, 5.41) is 0. The van der Waals surface area contributed by atoms with Crippen LogP contribution in [0.5, 0.6) is 0 Å². The summed E-state index contributed by atoms with van der Waals surface area (Å²) in [5.41, 5.74) is 2.31. The number of rotatable bonds is 3. The maximum Gasteiger partial charge on any atom is 0.224 e. The predicted octanol–water partition coefficient (Wildman–Crippen LogP) is 2.88. The molecule has 0 unspecified atom stereocenters. The summed E-state index contributed by atoms with van der Waals surface area (Å²) in [4.78, 5) is 30.2. The largest absolute Gasteiger partial charge is 0.296 e. The van der Waals surface area contributed by atoms with Gasteiger partial charge in [0.25, 0.3) is 0 Å². The van der Waals surface area contributed by atoms with Crippen molar-refractivity contribution in [3.05, 3.63) is 65.7 Å². The van der Waals surface area contributed by atoms with E-state index >= 15 is 0 Å². The molecule has 0 saturated heterocycles. The molecule has 1 heterocycles. The van der Waals surface area contributed by atoms with E-state index in [1.165, 1.54) is 11.8 Å². The van der Waals surface area contributed by atoms with Crippen LogP contribution in [0.15, 0.2) is 59.6 Å². The molecule has 0 radical (unpaired) electrons. The number of anilines is 1. The Hall–Kier alpha value is -2.75. The molecule has 0 saturated carbocycles. The van der Waals surface area contributed by atoms with Crippen LogP contribution >= 0.6 is 0 Å². The third-order valence-electron chi connectivity index (χ3n) is 3.68. The maximum atomic E-state index is 12.5. The van der Waals surface area contributed by atoms with Gasteiger partial charge in [0.05, 0.1) is 12.2 Å². The van der Waals surface area contributed by atoms with Gasteiger partial charge >= 0.3 is 0 Å². The van der Waals surface area contributed by atoms with Gasteiger partial charge in [-0.3, -0.25) is 19.5 Å². The number of fused-ring (bicyclic) bond motifs is 1. The number of amides is 1. The standard InChI is InChI=1S/C18H16N2O2/c1-13(21)20-16-10-6-5-9-15(16)18(22)17(20)12-19-11-14-7-3-2-4-8-14/h2-10,12,17H,11H2,1H3/t17-/m1/s1. The van der Waals surface area contributed by atoms with Gasteiger partial charge in [-0.15, -0.1) is 0 Å². The number of hydrogen-bond donors (Lipinski definition) is 0. The van der Waals surface area contributed by atoms with Crippen molar-refractivity contribution < 1.29 is 9.59 Å². The lowest BCUT2D eigenvalue weighted by atomic mass is 10.1. The number of carbonyl (C=O) groups is 2. The molecule has 1 aliphatic heterocycles. The average Bonchev–Trinajstić information content (AvgIpc) is 2.82. The molecule has 1 amide bonds. The average molecular weight is 292 g/mol. The number of ketones is 1. The molecule has 0 bridgehead atoms. The molecule has 0 N–H and O–H groups in total. The first-order chi connectivity index (χ1) is 10.7. The van der Waals surface area contributed by atoms with Crippen LogP contribution in [0.3, 0.4) is 0 Å². The fourth-order valence-electron chi connectivity index (χ4n) is 2.66. The highest BCUT2D eigenvalue weighted by molar-refractivity contribution is 6.24. The zero-order chi connectivity index (χ0) is 15.5. The fourth-order valence-corrected chi connectivity index (χ4v) is 2.66. The fraction of sp³-hybridized carbons (Fsp3) is 0.167. The molecular formula is C18H16N2O2. The van der Waals surface area contributed by atoms with Crippen LogP contribution in [0.2, 0.25) is 0 Å². The summed E-state index contributed by atoms with van der Waals surface area (Å²) in [5.74, 6) is -0.239. The summed E-state index contributed by atoms with van der Waals surface area (Å²) in [6, 6.07) is 16.3. The van der Waals surface area contributed by atoms with Gasteiger partial charge in [-0.25, -0.2) is 0 Å². The Labute approximate surface area is 129 Å². The summed E-state index contributed by atoms with van der Waals surface area (Å²) < 4.78 is 0. The highest BCUT2D eigenvalue weighted by Gasteiger charge is 2.37. The van der Waals surface area contributed by atoms with E-state index in [0.29, 0.717) is 17.8 Å². The highest BCUT2D eigenvalue weighted by Crippen LogP contribution is 2.31. The smallest absolute Gasteiger partial charge is 0.224 e. The minimum absolute atomic E-state index is 0.0809. The summed E-state index contributed by atoms with van der Waals surface area (Å²) in [6.07, 6.45) is 1.58. The zero-order valence-electron chi connectivity index (χ0n) is 12.3. The van der Waals surface area contributed by atoms with Crippen molar-refractivity contribution >= 4 is 23.6 Å². The minimum Gasteiger partial charge on any atom is -0.296 e. The summed E-state index contributed by atoms with van der Waals surface area (Å²) >= 11 is 0. The van der Waals surface area contributed by atoms with Crippen LogP contribution < -0.4 is 4.90 Å². The molecular weight excluding hydrogens is 276 g/mol. The number of hydrogen-bond acceptors (Lipinski definition) is 3. The minimum atomic E-state index is -0.640. The molecule has 0 aromatic heterocycles. The van der Waals surface area contributed by atoms with E-state index in [-0.39, 0.29) is 11.7 Å². The first-order valence-corrected chi connectivity index (χ1v) is 7.15. The Balaban J connectivity index is 1.84. The van der Waals surface area contributed by atoms with Gasteiger partial charge in [-0.2, -0.15) is 0 Å². The van der Waals surface area contributed by atoms with Crippen LogP contribution in [-0.4, -0.2) is 23.9 Å². The Morgan fingerprint density at radius 3 is 2.55 bits per heavy atom. The molecule has 0 spiro atoms. The first kappa shape index (κ1) is 14.2. The van der Waals surface area contributed by atoms with Gasteiger partial charge < -0.3 is 0 Å². The molecule has 22 heavy (non-hydrogen) atoms. The number of para-hydroxylation sites is 1. The molecule has 0 aliphatic carbocycles. The lowest BCUT2D eigenvalue weighted by Crippen LogP contribution is -2.40. The molecule has 2 aromatic carbocycles. The predicted molar refractivity (Wildman–Crippen MR) is 86.4 cm³/mol. The lowest BCUT2D eigenvalue weighted by Gasteiger charge is -2.19. The number of Topliss-reactive ketones (excluding diaryl/α,β-unsaturated/α-hetero) is 1. The monoisotopic (exact) mass is 292 g/mol. The summed E-state index contributed by atoms with van der Waals surface area (Å²) in [7, 11) is 0. The molecule has 1 atom stereocenters. The number of nitrogens with zero attached hydrogens (tertiary/aromatic N) is 2. The van der Waals surface area contributed by atoms with Crippen LogP contribution in [-0.2, 0) is 11.3 Å². The second-order valence-electron chi connectivity index (χ2n) is 5.19. The normalized spacial score (nSPS) is 17.0. The molecule has 2 aromatic rings. The van der Waals surface area contributed by atoms with Crippen molar-refractivity contribution in [1.82, 2.24) is 0 Å². The van der Waals surface area contributed by atoms with Gasteiger partial charge in [0.15, 0.2) is 5.78 Å². The van der Waals surface area contributed by atoms with Crippen LogP contribution in [0, 0.1) is 0 Å². The van der Waals surface area contributed by atoms with E-state index in [0.717, 1.165) is 5.56 Å². The Bertz CT molecular complexity index is 738. The molecule has 1 aliphatic rings. The van der Waals surface area contributed by atoms with E-state index in [9.17, 15) is 9.59 Å². The quantitative estimate of drug-likeness (QED) is 0.817. The molecule has 3 rings (SSSR count). The van der Waals surface area contributed by atoms with E-state index < -0.39 is 6.04 Å². The van der Waals surface area contributed by atoms with E-state index in [4.69, 9.17) is 0 Å². The Morgan fingerprint density at radius 1 is 1.14 bits per heavy atom. The van der Waals surface area contributed by atoms with Crippen molar-refractivity contribution in [3.8, 4) is 0 Å². The summed E-state index contributed by atoms with van der Waals surface area (Å²) in [6.45, 7) is 1.96. The number of carbonyl (C=O) groups excluding carboxylic acids is 2. The van der Waals surface area contributed by atoms with Crippen LogP contribution in [0.25, 0.3) is 0 Å². The lowest BCUT2D eigenvalue weighted by molar-refractivity contribution is -0.116. The van der Waals surface area contributed by atoms with Crippen LogP contribution in [0.1, 0.15) is 22.8 Å². The van der Waals surface area contributed by atoms with Crippen LogP contribution in [0.4, 0.5) is 5.69 Å². The van der Waals surface area contributed by atoms with Crippen molar-refractivity contribution in [2.75, 3.05) is 4.90 Å². The maximum absolute atomic E-state index is 12.5. The first-order valence-electron chi connectivity index (χ1n) is 7.15. The third kappa shape index (κ3) is 2.55. The SMILES string of the molecule is CC(=O)N1c2ccccc2C(=O)[C@H]1C=NCc1ccccc1. The third-order valence-corrected chi connectivity index (χ3v) is 3.68. The molecule has 4 nitrogen and oxygen atoms in total. The van der Waals surface area contributed by atoms with E-state index in [1.807, 2.05) is 36.4 Å². The second kappa shape index (κ2) is 5.93. The van der Waals surface area contributed by atoms with Crippen molar-refractivity contribution in [3.63, 3.8) is 0 Å². The van der Waals surface area contributed by atoms with Gasteiger partial charge in [0, 0.05) is 18.7 Å². The molecule has 110 valence electrons. The highest BCUT2D eigenvalue weighted by atomic mass is 16.2. The van der Waals surface area contributed by atoms with Crippen molar-refractivity contribution in [2.24, 2.45) is 4.99 Å².